The number of ether oxygens (including phenoxy) is 1. The molecule has 0 radical (unpaired) electrons. The van der Waals surface area contributed by atoms with Gasteiger partial charge in [-0.2, -0.15) is 0 Å². The van der Waals surface area contributed by atoms with Crippen LogP contribution < -0.4 is 4.90 Å². The standard InChI is InChI=1S/C18H27N3O2/c1-19(2)17-5-3-4-16(12-17)18(22)21-7-6-15(14-21)13-20-8-10-23-11-9-20/h3-5,12,15H,6-11,13-14H2,1-2H3/t15-/m1/s1. The van der Waals surface area contributed by atoms with Crippen molar-refractivity contribution in [3.05, 3.63) is 29.8 Å². The van der Waals surface area contributed by atoms with Crippen molar-refractivity contribution in [3.63, 3.8) is 0 Å². The number of amides is 1. The van der Waals surface area contributed by atoms with Crippen molar-refractivity contribution in [2.75, 3.05) is 64.9 Å². The summed E-state index contributed by atoms with van der Waals surface area (Å²) >= 11 is 0. The second-order valence-electron chi connectivity index (χ2n) is 6.76. The zero-order chi connectivity index (χ0) is 16.2. The summed E-state index contributed by atoms with van der Waals surface area (Å²) in [7, 11) is 4.00. The number of carbonyl (C=O) groups excluding carboxylic acids is 1. The number of likely N-dealkylation sites (tertiary alicyclic amines) is 1. The average Bonchev–Trinajstić information content (AvgIpc) is 3.03. The topological polar surface area (TPSA) is 36.0 Å². The van der Waals surface area contributed by atoms with Gasteiger partial charge in [0.05, 0.1) is 13.2 Å². The molecule has 2 heterocycles. The Morgan fingerprint density at radius 3 is 2.78 bits per heavy atom. The van der Waals surface area contributed by atoms with Crippen molar-refractivity contribution >= 4 is 11.6 Å². The van der Waals surface area contributed by atoms with E-state index in [0.29, 0.717) is 5.92 Å². The summed E-state index contributed by atoms with van der Waals surface area (Å²) < 4.78 is 5.40. The zero-order valence-electron chi connectivity index (χ0n) is 14.2. The molecule has 1 aromatic carbocycles. The SMILES string of the molecule is CN(C)c1cccc(C(=O)N2CC[C@H](CN3CCOCC3)C2)c1. The van der Waals surface area contributed by atoms with Crippen molar-refractivity contribution in [1.29, 1.82) is 0 Å². The second-order valence-corrected chi connectivity index (χ2v) is 6.76. The van der Waals surface area contributed by atoms with E-state index in [1.54, 1.807) is 0 Å². The minimum Gasteiger partial charge on any atom is -0.379 e. The third kappa shape index (κ3) is 4.03. The van der Waals surface area contributed by atoms with Crippen LogP contribution in [0.4, 0.5) is 5.69 Å². The Labute approximate surface area is 138 Å². The van der Waals surface area contributed by atoms with E-state index in [1.165, 1.54) is 0 Å². The maximum Gasteiger partial charge on any atom is 0.253 e. The molecule has 2 saturated heterocycles. The number of rotatable bonds is 4. The Morgan fingerprint density at radius 1 is 1.26 bits per heavy atom. The van der Waals surface area contributed by atoms with Crippen molar-refractivity contribution < 1.29 is 9.53 Å². The van der Waals surface area contributed by atoms with Crippen molar-refractivity contribution in [2.45, 2.75) is 6.42 Å². The van der Waals surface area contributed by atoms with Crippen LogP contribution in [0.15, 0.2) is 24.3 Å². The van der Waals surface area contributed by atoms with E-state index in [4.69, 9.17) is 4.74 Å². The Hall–Kier alpha value is -1.59. The molecule has 2 aliphatic rings. The van der Waals surface area contributed by atoms with Gasteiger partial charge in [0.1, 0.15) is 0 Å². The van der Waals surface area contributed by atoms with Gasteiger partial charge in [-0.05, 0) is 30.5 Å². The number of benzene rings is 1. The Bertz CT molecular complexity index is 541. The first-order chi connectivity index (χ1) is 11.1. The molecule has 0 bridgehead atoms. The van der Waals surface area contributed by atoms with Gasteiger partial charge < -0.3 is 14.5 Å². The predicted molar refractivity (Wildman–Crippen MR) is 92.0 cm³/mol. The molecular weight excluding hydrogens is 290 g/mol. The molecule has 2 aliphatic heterocycles. The number of morpholine rings is 1. The number of carbonyl (C=O) groups is 1. The Morgan fingerprint density at radius 2 is 2.04 bits per heavy atom. The lowest BCUT2D eigenvalue weighted by Gasteiger charge is -2.29. The van der Waals surface area contributed by atoms with Crippen LogP contribution in [0.3, 0.4) is 0 Å². The average molecular weight is 317 g/mol. The summed E-state index contributed by atoms with van der Waals surface area (Å²) in [4.78, 5) is 19.2. The van der Waals surface area contributed by atoms with Gasteiger partial charge in [0.15, 0.2) is 0 Å². The molecule has 23 heavy (non-hydrogen) atoms. The lowest BCUT2D eigenvalue weighted by Crippen LogP contribution is -2.40. The van der Waals surface area contributed by atoms with E-state index in [9.17, 15) is 4.79 Å². The number of hydrogen-bond donors (Lipinski definition) is 0. The van der Waals surface area contributed by atoms with Gasteiger partial charge in [-0.3, -0.25) is 9.69 Å². The van der Waals surface area contributed by atoms with Gasteiger partial charge >= 0.3 is 0 Å². The first kappa shape index (κ1) is 16.3. The van der Waals surface area contributed by atoms with E-state index in [1.807, 2.05) is 48.2 Å². The third-order valence-electron chi connectivity index (χ3n) is 4.80. The van der Waals surface area contributed by atoms with E-state index >= 15 is 0 Å². The second kappa shape index (κ2) is 7.32. The normalized spacial score (nSPS) is 22.3. The van der Waals surface area contributed by atoms with Crippen LogP contribution in [-0.2, 0) is 4.74 Å². The van der Waals surface area contributed by atoms with Crippen molar-refractivity contribution in [2.24, 2.45) is 5.92 Å². The van der Waals surface area contributed by atoms with Gasteiger partial charge in [-0.25, -0.2) is 0 Å². The monoisotopic (exact) mass is 317 g/mol. The van der Waals surface area contributed by atoms with Gasteiger partial charge in [-0.1, -0.05) is 6.07 Å². The molecule has 0 N–H and O–H groups in total. The molecule has 0 aromatic heterocycles. The van der Waals surface area contributed by atoms with Gasteiger partial charge in [0, 0.05) is 58.1 Å². The first-order valence-electron chi connectivity index (χ1n) is 8.50. The molecule has 1 atom stereocenters. The van der Waals surface area contributed by atoms with Crippen LogP contribution >= 0.6 is 0 Å². The zero-order valence-corrected chi connectivity index (χ0v) is 14.2. The largest absolute Gasteiger partial charge is 0.379 e. The minimum absolute atomic E-state index is 0.165. The highest BCUT2D eigenvalue weighted by atomic mass is 16.5. The number of nitrogens with zero attached hydrogens (tertiary/aromatic N) is 3. The van der Waals surface area contributed by atoms with Gasteiger partial charge in [0.2, 0.25) is 0 Å². The van der Waals surface area contributed by atoms with E-state index in [-0.39, 0.29) is 5.91 Å². The fourth-order valence-corrected chi connectivity index (χ4v) is 3.41. The maximum absolute atomic E-state index is 12.7. The molecule has 2 fully saturated rings. The first-order valence-corrected chi connectivity index (χ1v) is 8.50. The van der Waals surface area contributed by atoms with E-state index in [2.05, 4.69) is 4.90 Å². The molecule has 3 rings (SSSR count). The van der Waals surface area contributed by atoms with Crippen LogP contribution in [0.1, 0.15) is 16.8 Å². The Balaban J connectivity index is 1.57. The number of anilines is 1. The molecule has 0 saturated carbocycles. The summed E-state index contributed by atoms with van der Waals surface area (Å²) in [5.74, 6) is 0.757. The summed E-state index contributed by atoms with van der Waals surface area (Å²) in [6.07, 6.45) is 1.11. The maximum atomic E-state index is 12.7. The predicted octanol–water partition coefficient (Wildman–Crippen LogP) is 1.55. The fraction of sp³-hybridized carbons (Fsp3) is 0.611. The van der Waals surface area contributed by atoms with E-state index in [0.717, 1.165) is 63.6 Å². The summed E-state index contributed by atoms with van der Waals surface area (Å²) in [5.41, 5.74) is 1.86. The van der Waals surface area contributed by atoms with Crippen LogP contribution in [0.2, 0.25) is 0 Å². The number of hydrogen-bond acceptors (Lipinski definition) is 4. The minimum atomic E-state index is 0.165. The highest BCUT2D eigenvalue weighted by Crippen LogP contribution is 2.22. The molecule has 0 spiro atoms. The lowest BCUT2D eigenvalue weighted by molar-refractivity contribution is 0.0310. The van der Waals surface area contributed by atoms with Crippen LogP contribution in [0.25, 0.3) is 0 Å². The summed E-state index contributed by atoms with van der Waals surface area (Å²) in [5, 5.41) is 0. The quantitative estimate of drug-likeness (QED) is 0.844. The smallest absolute Gasteiger partial charge is 0.253 e. The molecule has 1 aromatic rings. The Kier molecular flexibility index (Phi) is 5.18. The molecular formula is C18H27N3O2. The van der Waals surface area contributed by atoms with Crippen LogP contribution in [0, 0.1) is 5.92 Å². The molecule has 5 nitrogen and oxygen atoms in total. The van der Waals surface area contributed by atoms with Gasteiger partial charge in [-0.15, -0.1) is 0 Å². The third-order valence-corrected chi connectivity index (χ3v) is 4.80. The lowest BCUT2D eigenvalue weighted by atomic mass is 10.1. The van der Waals surface area contributed by atoms with Crippen molar-refractivity contribution in [1.82, 2.24) is 9.80 Å². The highest BCUT2D eigenvalue weighted by molar-refractivity contribution is 5.95. The molecule has 126 valence electrons. The van der Waals surface area contributed by atoms with Crippen LogP contribution in [-0.4, -0.2) is 75.7 Å². The summed E-state index contributed by atoms with van der Waals surface area (Å²) in [6.45, 7) is 6.57. The molecule has 0 aliphatic carbocycles. The molecule has 5 heteroatoms. The van der Waals surface area contributed by atoms with E-state index < -0.39 is 0 Å². The molecule has 1 amide bonds. The highest BCUT2D eigenvalue weighted by Gasteiger charge is 2.28. The fourth-order valence-electron chi connectivity index (χ4n) is 3.41. The summed E-state index contributed by atoms with van der Waals surface area (Å²) in [6, 6.07) is 7.90. The van der Waals surface area contributed by atoms with Gasteiger partial charge in [0.25, 0.3) is 5.91 Å². The van der Waals surface area contributed by atoms with Crippen LogP contribution in [0.5, 0.6) is 0 Å². The molecule has 0 unspecified atom stereocenters. The van der Waals surface area contributed by atoms with Crippen molar-refractivity contribution in [3.8, 4) is 0 Å².